The highest BCUT2D eigenvalue weighted by Crippen LogP contribution is 1.94. The Hall–Kier alpha value is -0.130. The van der Waals surface area contributed by atoms with Crippen molar-refractivity contribution in [3.63, 3.8) is 0 Å². The van der Waals surface area contributed by atoms with Crippen LogP contribution in [0.4, 0.5) is 0 Å². The normalized spacial score (nSPS) is 11.9. The molecule has 0 fully saturated rings. The molecule has 0 aromatic heterocycles. The standard InChI is InChI=1S/C9H21NO3S/c1-3-4-9-14(11,12)10-7-5-6-8-13-2/h10H,3-9H2,1-2H3. The maximum Gasteiger partial charge on any atom is 0.211 e. The van der Waals surface area contributed by atoms with E-state index in [1.807, 2.05) is 6.92 Å². The lowest BCUT2D eigenvalue weighted by molar-refractivity contribution is 0.193. The zero-order chi connectivity index (χ0) is 10.9. The Balaban J connectivity index is 3.46. The molecule has 0 unspecified atom stereocenters. The van der Waals surface area contributed by atoms with Gasteiger partial charge in [-0.05, 0) is 19.3 Å². The molecule has 1 N–H and O–H groups in total. The molecule has 86 valence electrons. The van der Waals surface area contributed by atoms with E-state index in [0.29, 0.717) is 13.2 Å². The van der Waals surface area contributed by atoms with Crippen LogP contribution in [0.5, 0.6) is 0 Å². The SMILES string of the molecule is CCCCS(=O)(=O)NCCCCOC. The molecule has 0 atom stereocenters. The van der Waals surface area contributed by atoms with Gasteiger partial charge in [-0.3, -0.25) is 0 Å². The summed E-state index contributed by atoms with van der Waals surface area (Å²) < 4.78 is 30.0. The van der Waals surface area contributed by atoms with Crippen molar-refractivity contribution in [1.29, 1.82) is 0 Å². The third-order valence-corrected chi connectivity index (χ3v) is 3.33. The molecular formula is C9H21NO3S. The van der Waals surface area contributed by atoms with E-state index in [-0.39, 0.29) is 5.75 Å². The highest BCUT2D eigenvalue weighted by Gasteiger charge is 2.07. The summed E-state index contributed by atoms with van der Waals surface area (Å²) in [6.45, 7) is 3.19. The van der Waals surface area contributed by atoms with E-state index in [9.17, 15) is 8.42 Å². The van der Waals surface area contributed by atoms with Gasteiger partial charge in [-0.1, -0.05) is 13.3 Å². The molecule has 5 heteroatoms. The van der Waals surface area contributed by atoms with Gasteiger partial charge in [0.25, 0.3) is 0 Å². The first-order valence-corrected chi connectivity index (χ1v) is 6.74. The van der Waals surface area contributed by atoms with Crippen molar-refractivity contribution in [1.82, 2.24) is 4.72 Å². The monoisotopic (exact) mass is 223 g/mol. The molecule has 0 aliphatic carbocycles. The molecule has 0 rings (SSSR count). The van der Waals surface area contributed by atoms with Gasteiger partial charge in [-0.15, -0.1) is 0 Å². The van der Waals surface area contributed by atoms with Crippen LogP contribution in [0.15, 0.2) is 0 Å². The Morgan fingerprint density at radius 3 is 2.50 bits per heavy atom. The lowest BCUT2D eigenvalue weighted by Crippen LogP contribution is -2.27. The minimum atomic E-state index is -3.02. The largest absolute Gasteiger partial charge is 0.385 e. The second-order valence-corrected chi connectivity index (χ2v) is 5.19. The molecule has 0 amide bonds. The Labute approximate surface area is 87.1 Å². The molecule has 14 heavy (non-hydrogen) atoms. The Morgan fingerprint density at radius 1 is 1.21 bits per heavy atom. The third-order valence-electron chi connectivity index (χ3n) is 1.86. The van der Waals surface area contributed by atoms with Gasteiger partial charge >= 0.3 is 0 Å². The van der Waals surface area contributed by atoms with Gasteiger partial charge in [0.2, 0.25) is 10.0 Å². The summed E-state index contributed by atoms with van der Waals surface area (Å²) in [6, 6.07) is 0. The Kier molecular flexibility index (Phi) is 8.12. The maximum atomic E-state index is 11.3. The van der Waals surface area contributed by atoms with Gasteiger partial charge in [0.1, 0.15) is 0 Å². The topological polar surface area (TPSA) is 55.4 Å². The van der Waals surface area contributed by atoms with E-state index in [2.05, 4.69) is 4.72 Å². The number of nitrogens with one attached hydrogen (secondary N) is 1. The smallest absolute Gasteiger partial charge is 0.211 e. The summed E-state index contributed by atoms with van der Waals surface area (Å²) >= 11 is 0. The zero-order valence-corrected chi connectivity index (χ0v) is 9.90. The zero-order valence-electron chi connectivity index (χ0n) is 9.08. The predicted molar refractivity (Wildman–Crippen MR) is 57.8 cm³/mol. The van der Waals surface area contributed by atoms with Gasteiger partial charge in [-0.2, -0.15) is 0 Å². The van der Waals surface area contributed by atoms with Crippen molar-refractivity contribution in [2.75, 3.05) is 26.0 Å². The van der Waals surface area contributed by atoms with E-state index in [1.165, 1.54) is 0 Å². The number of ether oxygens (including phenoxy) is 1. The molecule has 0 bridgehead atoms. The minimum absolute atomic E-state index is 0.244. The highest BCUT2D eigenvalue weighted by molar-refractivity contribution is 7.89. The summed E-state index contributed by atoms with van der Waals surface area (Å²) in [4.78, 5) is 0. The second kappa shape index (κ2) is 8.20. The van der Waals surface area contributed by atoms with E-state index in [4.69, 9.17) is 4.74 Å². The van der Waals surface area contributed by atoms with Crippen LogP contribution >= 0.6 is 0 Å². The highest BCUT2D eigenvalue weighted by atomic mass is 32.2. The van der Waals surface area contributed by atoms with Crippen LogP contribution in [0.25, 0.3) is 0 Å². The Morgan fingerprint density at radius 2 is 1.93 bits per heavy atom. The van der Waals surface area contributed by atoms with Crippen molar-refractivity contribution in [3.8, 4) is 0 Å². The lowest BCUT2D eigenvalue weighted by atomic mass is 10.3. The van der Waals surface area contributed by atoms with Crippen molar-refractivity contribution >= 4 is 10.0 Å². The summed E-state index contributed by atoms with van der Waals surface area (Å²) in [6.07, 6.45) is 3.37. The second-order valence-electron chi connectivity index (χ2n) is 3.27. The van der Waals surface area contributed by atoms with Crippen LogP contribution < -0.4 is 4.72 Å². The molecule has 0 aromatic carbocycles. The number of hydrogen-bond acceptors (Lipinski definition) is 3. The fourth-order valence-corrected chi connectivity index (χ4v) is 2.27. The third kappa shape index (κ3) is 8.47. The van der Waals surface area contributed by atoms with E-state index in [0.717, 1.165) is 25.7 Å². The molecule has 0 aliphatic heterocycles. The van der Waals surface area contributed by atoms with E-state index in [1.54, 1.807) is 7.11 Å². The summed E-state index contributed by atoms with van der Waals surface area (Å²) in [5.41, 5.74) is 0. The van der Waals surface area contributed by atoms with Gasteiger partial charge in [0.05, 0.1) is 5.75 Å². The van der Waals surface area contributed by atoms with Crippen LogP contribution in [0.3, 0.4) is 0 Å². The maximum absolute atomic E-state index is 11.3. The quantitative estimate of drug-likeness (QED) is 0.596. The van der Waals surface area contributed by atoms with E-state index < -0.39 is 10.0 Å². The number of rotatable bonds is 9. The van der Waals surface area contributed by atoms with Crippen LogP contribution in [0.1, 0.15) is 32.6 Å². The van der Waals surface area contributed by atoms with Crippen molar-refractivity contribution in [3.05, 3.63) is 0 Å². The first-order chi connectivity index (χ1) is 6.62. The fraction of sp³-hybridized carbons (Fsp3) is 1.00. The first-order valence-electron chi connectivity index (χ1n) is 5.08. The molecule has 0 saturated heterocycles. The van der Waals surface area contributed by atoms with Crippen molar-refractivity contribution < 1.29 is 13.2 Å². The first kappa shape index (κ1) is 13.9. The number of sulfonamides is 1. The molecule has 0 radical (unpaired) electrons. The number of hydrogen-bond donors (Lipinski definition) is 1. The number of unbranched alkanes of at least 4 members (excludes halogenated alkanes) is 2. The molecule has 0 spiro atoms. The van der Waals surface area contributed by atoms with Crippen LogP contribution in [-0.4, -0.2) is 34.4 Å². The van der Waals surface area contributed by atoms with Gasteiger partial charge in [-0.25, -0.2) is 13.1 Å². The molecule has 0 aliphatic rings. The summed E-state index contributed by atoms with van der Waals surface area (Å²) in [7, 11) is -1.38. The van der Waals surface area contributed by atoms with Crippen LogP contribution in [0.2, 0.25) is 0 Å². The average molecular weight is 223 g/mol. The Bertz CT molecular complexity index is 214. The summed E-state index contributed by atoms with van der Waals surface area (Å²) in [5.74, 6) is 0.244. The molecule has 0 heterocycles. The predicted octanol–water partition coefficient (Wildman–Crippen LogP) is 1.13. The van der Waals surface area contributed by atoms with Gasteiger partial charge < -0.3 is 4.74 Å². The minimum Gasteiger partial charge on any atom is -0.385 e. The molecule has 0 saturated carbocycles. The van der Waals surface area contributed by atoms with E-state index >= 15 is 0 Å². The molecule has 0 aromatic rings. The fourth-order valence-electron chi connectivity index (χ4n) is 1.01. The van der Waals surface area contributed by atoms with Crippen molar-refractivity contribution in [2.24, 2.45) is 0 Å². The van der Waals surface area contributed by atoms with Crippen molar-refractivity contribution in [2.45, 2.75) is 32.6 Å². The molecule has 4 nitrogen and oxygen atoms in total. The average Bonchev–Trinajstić information content (AvgIpc) is 2.15. The van der Waals surface area contributed by atoms with Gasteiger partial charge in [0.15, 0.2) is 0 Å². The van der Waals surface area contributed by atoms with Gasteiger partial charge in [0, 0.05) is 20.3 Å². The lowest BCUT2D eigenvalue weighted by Gasteiger charge is -2.05. The van der Waals surface area contributed by atoms with Crippen LogP contribution in [-0.2, 0) is 14.8 Å². The molecular weight excluding hydrogens is 202 g/mol. The summed E-state index contributed by atoms with van der Waals surface area (Å²) in [5, 5.41) is 0. The number of methoxy groups -OCH3 is 1. The van der Waals surface area contributed by atoms with Crippen LogP contribution in [0, 0.1) is 0 Å².